The van der Waals surface area contributed by atoms with Gasteiger partial charge in [-0.1, -0.05) is 11.6 Å². The first kappa shape index (κ1) is 7.34. The maximum Gasteiger partial charge on any atom is 0.156 e. The number of hydrogen-bond acceptors (Lipinski definition) is 3. The van der Waals surface area contributed by atoms with Crippen molar-refractivity contribution in [1.82, 2.24) is 5.32 Å². The van der Waals surface area contributed by atoms with E-state index in [2.05, 4.69) is 10.5 Å². The highest BCUT2D eigenvalue weighted by molar-refractivity contribution is 5.85. The minimum atomic E-state index is 0.0961. The molecule has 4 nitrogen and oxygen atoms in total. The molecule has 10 heavy (non-hydrogen) atoms. The van der Waals surface area contributed by atoms with Gasteiger partial charge in [0.1, 0.15) is 0 Å². The molecule has 0 radical (unpaired) electrons. The van der Waals surface area contributed by atoms with E-state index in [0.717, 1.165) is 19.4 Å². The van der Waals surface area contributed by atoms with Crippen LogP contribution in [0.3, 0.4) is 0 Å². The highest BCUT2D eigenvalue weighted by Crippen LogP contribution is 2.06. The second-order valence-corrected chi connectivity index (χ2v) is 2.53. The number of nitrogens with one attached hydrogen (secondary N) is 1. The first-order valence-electron chi connectivity index (χ1n) is 3.55. The zero-order valence-electron chi connectivity index (χ0n) is 5.88. The van der Waals surface area contributed by atoms with Crippen molar-refractivity contribution in [2.24, 2.45) is 10.9 Å². The second kappa shape index (κ2) is 3.41. The van der Waals surface area contributed by atoms with Crippen molar-refractivity contribution in [2.45, 2.75) is 25.3 Å². The Bertz CT molecular complexity index is 129. The van der Waals surface area contributed by atoms with Crippen LogP contribution >= 0.6 is 0 Å². The summed E-state index contributed by atoms with van der Waals surface area (Å²) in [6.07, 6.45) is 3.33. The first-order chi connectivity index (χ1) is 4.84. The van der Waals surface area contributed by atoms with Gasteiger partial charge in [0.05, 0.1) is 6.04 Å². The monoisotopic (exact) mass is 143 g/mol. The van der Waals surface area contributed by atoms with Crippen LogP contribution in [0.4, 0.5) is 0 Å². The summed E-state index contributed by atoms with van der Waals surface area (Å²) < 4.78 is 0. The van der Waals surface area contributed by atoms with Crippen molar-refractivity contribution in [3.05, 3.63) is 0 Å². The molecule has 0 aromatic heterocycles. The molecule has 0 aromatic rings. The molecule has 1 heterocycles. The lowest BCUT2D eigenvalue weighted by atomic mass is 10.0. The van der Waals surface area contributed by atoms with E-state index in [1.807, 2.05) is 0 Å². The second-order valence-electron chi connectivity index (χ2n) is 2.53. The van der Waals surface area contributed by atoms with Crippen LogP contribution < -0.4 is 11.1 Å². The van der Waals surface area contributed by atoms with Crippen LogP contribution in [0.1, 0.15) is 19.3 Å². The minimum Gasteiger partial charge on any atom is -0.409 e. The molecule has 1 aliphatic rings. The lowest BCUT2D eigenvalue weighted by molar-refractivity contribution is 0.312. The van der Waals surface area contributed by atoms with Gasteiger partial charge in [-0.25, -0.2) is 0 Å². The Morgan fingerprint density at radius 1 is 1.60 bits per heavy atom. The molecular weight excluding hydrogens is 130 g/mol. The number of nitrogens with two attached hydrogens (primary N) is 1. The number of piperidine rings is 1. The predicted molar refractivity (Wildman–Crippen MR) is 39.1 cm³/mol. The van der Waals surface area contributed by atoms with Crippen molar-refractivity contribution in [3.63, 3.8) is 0 Å². The van der Waals surface area contributed by atoms with Gasteiger partial charge in [-0.2, -0.15) is 0 Å². The number of hydrogen-bond donors (Lipinski definition) is 3. The van der Waals surface area contributed by atoms with E-state index >= 15 is 0 Å². The average molecular weight is 143 g/mol. The van der Waals surface area contributed by atoms with E-state index in [1.54, 1.807) is 0 Å². The van der Waals surface area contributed by atoms with Gasteiger partial charge in [-0.05, 0) is 19.4 Å². The molecule has 58 valence electrons. The summed E-state index contributed by atoms with van der Waals surface area (Å²) in [5, 5.41) is 14.4. The van der Waals surface area contributed by atoms with E-state index in [4.69, 9.17) is 10.9 Å². The molecule has 0 spiro atoms. The third-order valence-electron chi connectivity index (χ3n) is 1.78. The third kappa shape index (κ3) is 1.60. The SMILES string of the molecule is N/C(=N/O)C1CCCCN1. The zero-order valence-corrected chi connectivity index (χ0v) is 5.88. The molecule has 1 saturated heterocycles. The van der Waals surface area contributed by atoms with E-state index in [9.17, 15) is 0 Å². The van der Waals surface area contributed by atoms with E-state index in [1.165, 1.54) is 6.42 Å². The summed E-state index contributed by atoms with van der Waals surface area (Å²) in [6, 6.07) is 0.0961. The molecule has 0 aliphatic carbocycles. The topological polar surface area (TPSA) is 70.6 Å². The van der Waals surface area contributed by atoms with E-state index in [-0.39, 0.29) is 6.04 Å². The van der Waals surface area contributed by atoms with Crippen LogP contribution in [0.25, 0.3) is 0 Å². The molecule has 1 rings (SSSR count). The fourth-order valence-corrected chi connectivity index (χ4v) is 1.17. The van der Waals surface area contributed by atoms with Crippen molar-refractivity contribution >= 4 is 5.84 Å². The number of nitrogens with zero attached hydrogens (tertiary/aromatic N) is 1. The molecule has 1 atom stereocenters. The zero-order chi connectivity index (χ0) is 7.40. The van der Waals surface area contributed by atoms with Gasteiger partial charge in [0.2, 0.25) is 0 Å². The van der Waals surface area contributed by atoms with Crippen molar-refractivity contribution < 1.29 is 5.21 Å². The molecular formula is C6H13N3O. The van der Waals surface area contributed by atoms with Crippen LogP contribution in [0.2, 0.25) is 0 Å². The lowest BCUT2D eigenvalue weighted by Gasteiger charge is -2.21. The molecule has 1 fully saturated rings. The van der Waals surface area contributed by atoms with Gasteiger partial charge in [-0.15, -0.1) is 0 Å². The van der Waals surface area contributed by atoms with Gasteiger partial charge in [0.25, 0.3) is 0 Å². The highest BCUT2D eigenvalue weighted by atomic mass is 16.4. The highest BCUT2D eigenvalue weighted by Gasteiger charge is 2.15. The molecule has 4 heteroatoms. The fourth-order valence-electron chi connectivity index (χ4n) is 1.17. The maximum atomic E-state index is 8.31. The molecule has 0 bridgehead atoms. The quantitative estimate of drug-likeness (QED) is 0.207. The van der Waals surface area contributed by atoms with Crippen LogP contribution in [0.15, 0.2) is 5.16 Å². The van der Waals surface area contributed by atoms with Crippen LogP contribution in [0, 0.1) is 0 Å². The summed E-state index contributed by atoms with van der Waals surface area (Å²) in [5.41, 5.74) is 5.39. The largest absolute Gasteiger partial charge is 0.409 e. The van der Waals surface area contributed by atoms with E-state index < -0.39 is 0 Å². The van der Waals surface area contributed by atoms with Gasteiger partial charge < -0.3 is 16.3 Å². The standard InChI is InChI=1S/C6H13N3O/c7-6(9-10)5-3-1-2-4-8-5/h5,8,10H,1-4H2,(H2,7,9). The van der Waals surface area contributed by atoms with Crippen LogP contribution in [-0.2, 0) is 0 Å². The number of amidine groups is 1. The minimum absolute atomic E-state index is 0.0961. The Morgan fingerprint density at radius 2 is 2.40 bits per heavy atom. The fraction of sp³-hybridized carbons (Fsp3) is 0.833. The Kier molecular flexibility index (Phi) is 2.50. The molecule has 0 aromatic carbocycles. The Balaban J connectivity index is 2.39. The van der Waals surface area contributed by atoms with Crippen molar-refractivity contribution in [2.75, 3.05) is 6.54 Å². The predicted octanol–water partition coefficient (Wildman–Crippen LogP) is -0.125. The number of oxime groups is 1. The lowest BCUT2D eigenvalue weighted by Crippen LogP contribution is -2.44. The summed E-state index contributed by atoms with van der Waals surface area (Å²) in [4.78, 5) is 0. The normalized spacial score (nSPS) is 28.4. The van der Waals surface area contributed by atoms with Crippen LogP contribution in [-0.4, -0.2) is 23.6 Å². The van der Waals surface area contributed by atoms with Crippen LogP contribution in [0.5, 0.6) is 0 Å². The molecule has 4 N–H and O–H groups in total. The van der Waals surface area contributed by atoms with Crippen molar-refractivity contribution in [1.29, 1.82) is 0 Å². The molecule has 0 saturated carbocycles. The Labute approximate surface area is 60.1 Å². The number of rotatable bonds is 1. The van der Waals surface area contributed by atoms with Gasteiger partial charge in [0.15, 0.2) is 5.84 Å². The van der Waals surface area contributed by atoms with Gasteiger partial charge in [-0.3, -0.25) is 0 Å². The third-order valence-corrected chi connectivity index (χ3v) is 1.78. The molecule has 0 amide bonds. The smallest absolute Gasteiger partial charge is 0.156 e. The summed E-state index contributed by atoms with van der Waals surface area (Å²) in [7, 11) is 0. The van der Waals surface area contributed by atoms with Crippen molar-refractivity contribution in [3.8, 4) is 0 Å². The average Bonchev–Trinajstić information content (AvgIpc) is 2.05. The summed E-state index contributed by atoms with van der Waals surface area (Å²) >= 11 is 0. The maximum absolute atomic E-state index is 8.31. The van der Waals surface area contributed by atoms with E-state index in [0.29, 0.717) is 5.84 Å². The summed E-state index contributed by atoms with van der Waals surface area (Å²) in [5.74, 6) is 0.305. The summed E-state index contributed by atoms with van der Waals surface area (Å²) in [6.45, 7) is 0.973. The molecule has 1 aliphatic heterocycles. The van der Waals surface area contributed by atoms with Gasteiger partial charge in [0, 0.05) is 0 Å². The first-order valence-corrected chi connectivity index (χ1v) is 3.55. The Hall–Kier alpha value is -0.770. The Morgan fingerprint density at radius 3 is 2.90 bits per heavy atom. The van der Waals surface area contributed by atoms with Gasteiger partial charge >= 0.3 is 0 Å². The molecule has 1 unspecified atom stereocenters.